The summed E-state index contributed by atoms with van der Waals surface area (Å²) in [4.78, 5) is 0. The van der Waals surface area contributed by atoms with Crippen LogP contribution in [0.1, 0.15) is 58.6 Å². The topological polar surface area (TPSA) is 70.5 Å². The van der Waals surface area contributed by atoms with Gasteiger partial charge < -0.3 is 26.6 Å². The Morgan fingerprint density at radius 2 is 1.35 bits per heavy atom. The molecule has 2 aliphatic rings. The Kier molecular flexibility index (Phi) is 18.6. The van der Waals surface area contributed by atoms with Crippen molar-refractivity contribution in [1.29, 1.82) is 0 Å². The molecule has 0 amide bonds. The van der Waals surface area contributed by atoms with Crippen LogP contribution in [0.3, 0.4) is 0 Å². The van der Waals surface area contributed by atoms with E-state index < -0.39 is 10.0 Å². The molecule has 0 N–H and O–H groups in total. The third kappa shape index (κ3) is 18.0. The molecule has 0 bridgehead atoms. The van der Waals surface area contributed by atoms with Gasteiger partial charge in [0.15, 0.2) is 0 Å². The molecular weight excluding hydrogens is 548 g/mol. The van der Waals surface area contributed by atoms with E-state index in [0.717, 1.165) is 51.4 Å². The van der Waals surface area contributed by atoms with E-state index in [1.807, 2.05) is 11.8 Å². The van der Waals surface area contributed by atoms with Gasteiger partial charge in [-0.15, -0.1) is 6.04 Å². The van der Waals surface area contributed by atoms with Crippen LogP contribution in [0.5, 0.6) is 0 Å². The summed E-state index contributed by atoms with van der Waals surface area (Å²) < 4.78 is 0.269. The number of thioether (sulfide) groups is 1. The molecule has 0 unspecified atom stereocenters. The summed E-state index contributed by atoms with van der Waals surface area (Å²) in [6, 6.07) is 1.43. The Bertz CT molecular complexity index is 485. The van der Waals surface area contributed by atoms with E-state index in [0.29, 0.717) is 24.2 Å². The Balaban J connectivity index is -0.000000787. The van der Waals surface area contributed by atoms with E-state index in [1.165, 1.54) is 31.4 Å². The monoisotopic (exact) mass is 603 g/mol. The van der Waals surface area contributed by atoms with Crippen molar-refractivity contribution in [3.05, 3.63) is 26.6 Å². The number of halogens is 2. The molecule has 4 atom stereocenters. The fourth-order valence-electron chi connectivity index (χ4n) is 4.00. The van der Waals surface area contributed by atoms with Crippen LogP contribution in [-0.4, -0.2) is 98.5 Å². The van der Waals surface area contributed by atoms with Gasteiger partial charge in [0.25, 0.3) is 0 Å². The van der Waals surface area contributed by atoms with Crippen molar-refractivity contribution in [1.82, 2.24) is 0 Å². The van der Waals surface area contributed by atoms with Gasteiger partial charge in [-0.3, -0.25) is 0 Å². The number of fused-ring (bicyclic) bond motifs is 1. The Labute approximate surface area is 237 Å². The molecule has 1 heterocycles. The summed E-state index contributed by atoms with van der Waals surface area (Å²) in [6.07, 6.45) is 13.3. The zero-order valence-electron chi connectivity index (χ0n) is 22.2. The van der Waals surface area contributed by atoms with Gasteiger partial charge >= 0.3 is 33.3 Å². The van der Waals surface area contributed by atoms with E-state index in [-0.39, 0.29) is 23.6 Å². The third-order valence-electron chi connectivity index (χ3n) is 5.86. The molecule has 34 heavy (non-hydrogen) atoms. The van der Waals surface area contributed by atoms with Gasteiger partial charge in [0.2, 0.25) is 0 Å². The van der Waals surface area contributed by atoms with Crippen LogP contribution in [-0.2, 0) is 13.1 Å². The van der Waals surface area contributed by atoms with Gasteiger partial charge in [-0.05, 0) is 30.3 Å². The molecule has 1 aliphatic heterocycles. The van der Waals surface area contributed by atoms with Crippen molar-refractivity contribution in [2.24, 2.45) is 0 Å². The number of nitrogens with zero attached hydrogens (tertiary/aromatic N) is 5. The van der Waals surface area contributed by atoms with Gasteiger partial charge in [0.05, 0.1) is 0 Å². The first-order chi connectivity index (χ1) is 16.0. The largest absolute Gasteiger partial charge is 0 e. The van der Waals surface area contributed by atoms with Crippen molar-refractivity contribution < 1.29 is 18.8 Å². The molecule has 0 spiro atoms. The first-order valence-corrected chi connectivity index (χ1v) is 19.8. The first kappa shape index (κ1) is 33.6. The maximum absolute atomic E-state index is 5.20. The molecule has 2 fully saturated rings. The van der Waals surface area contributed by atoms with Crippen molar-refractivity contribution in [2.75, 3.05) is 69.5 Å². The van der Waals surface area contributed by atoms with Crippen LogP contribution in [0.2, 0.25) is 0 Å². The molecular formula is C24H56Cl2MnN5S2-5. The van der Waals surface area contributed by atoms with Crippen LogP contribution >= 0.6 is 42.0 Å². The van der Waals surface area contributed by atoms with Crippen molar-refractivity contribution in [2.45, 2.75) is 81.8 Å². The summed E-state index contributed by atoms with van der Waals surface area (Å²) in [7, 11) is 9.10. The smallest absolute Gasteiger partial charge is 0 e. The van der Waals surface area contributed by atoms with Gasteiger partial charge in [-0.2, -0.15) is 69.2 Å². The minimum absolute atomic E-state index is 0. The molecule has 5 nitrogen and oxygen atoms in total. The average molecular weight is 605 g/mol. The average Bonchev–Trinajstić information content (AvgIpc) is 2.75. The summed E-state index contributed by atoms with van der Waals surface area (Å²) in [5.74, 6) is 2.33. The number of hydrogen-bond donors (Lipinski definition) is 0. The van der Waals surface area contributed by atoms with E-state index in [1.54, 1.807) is 0 Å². The minimum atomic E-state index is -0.493. The predicted octanol–water partition coefficient (Wildman–Crippen LogP) is 8.89. The zero-order chi connectivity index (χ0) is 25.5. The van der Waals surface area contributed by atoms with Gasteiger partial charge in [-0.25, -0.2) is 10.0 Å². The van der Waals surface area contributed by atoms with Crippen molar-refractivity contribution in [3.63, 3.8) is 0 Å². The van der Waals surface area contributed by atoms with E-state index in [4.69, 9.17) is 46.8 Å². The van der Waals surface area contributed by atoms with Crippen LogP contribution in [0.4, 0.5) is 0 Å². The number of rotatable bonds is 5. The van der Waals surface area contributed by atoms with Crippen LogP contribution in [0.15, 0.2) is 0 Å². The van der Waals surface area contributed by atoms with E-state index in [9.17, 15) is 0 Å². The Morgan fingerprint density at radius 1 is 0.853 bits per heavy atom. The maximum Gasteiger partial charge on any atom is 0 e. The molecule has 1 aliphatic carbocycles. The predicted molar refractivity (Wildman–Crippen MR) is 167 cm³/mol. The van der Waals surface area contributed by atoms with Crippen LogP contribution in [0, 0.1) is 0 Å². The zero-order valence-corrected chi connectivity index (χ0v) is 26.5. The van der Waals surface area contributed by atoms with Gasteiger partial charge in [0.1, 0.15) is 0 Å². The maximum atomic E-state index is 5.20. The second kappa shape index (κ2) is 18.8. The SMILES string of the molecule is CC(C)(C)SC[C@H]1C[N-][C@@H]2CCCC[C@H]2[N-]C[C@H](CCS(C)(C)C)[N-]CC[N-]CC[N-]1.[Cl][Mn][Cl].[HH].[HH].[HH].[HH]. The number of hydrogen-bond acceptors (Lipinski definition) is 1. The normalized spacial score (nSPS) is 29.1. The quantitative estimate of drug-likeness (QED) is 0.289. The third-order valence-corrected chi connectivity index (χ3v) is 8.74. The summed E-state index contributed by atoms with van der Waals surface area (Å²) in [5.41, 5.74) is 0. The molecule has 1 saturated carbocycles. The summed E-state index contributed by atoms with van der Waals surface area (Å²) >= 11 is 2.01. The standard InChI is InChI=1S/C24H48N5S2.2ClH.Mn.4H2/c1-24(2,3)30-19-21-18-29-23-10-8-7-9-22(23)28-17-20(11-16-31(4,5)6)26-14-12-25-13-15-27-21;;;;;;;/h20-23H,7-19H2,1-6H3;2*1H;;4*1H/q-5;;;+2;;;;/p-2/t20-,21+,22+,23+;;;;;;;/m0......./s1. The molecule has 0 aromatic carbocycles. The van der Waals surface area contributed by atoms with E-state index in [2.05, 4.69) is 39.5 Å². The Morgan fingerprint density at radius 3 is 1.85 bits per heavy atom. The molecule has 10 heteroatoms. The summed E-state index contributed by atoms with van der Waals surface area (Å²) in [6.45, 7) is 11.9. The first-order valence-electron chi connectivity index (χ1n) is 12.5. The molecule has 215 valence electrons. The molecule has 1 saturated heterocycles. The minimum Gasteiger partial charge on any atom is 0 e. The van der Waals surface area contributed by atoms with Crippen molar-refractivity contribution >= 4 is 42.0 Å². The fourth-order valence-corrected chi connectivity index (χ4v) is 5.89. The molecule has 2 rings (SSSR count). The fraction of sp³-hybridized carbons (Fsp3) is 1.00. The van der Waals surface area contributed by atoms with Gasteiger partial charge in [-0.1, -0.05) is 52.9 Å². The van der Waals surface area contributed by atoms with E-state index >= 15 is 0 Å². The molecule has 0 aromatic rings. The second-order valence-electron chi connectivity index (χ2n) is 11.0. The Hall–Kier alpha value is 1.60. The molecule has 0 radical (unpaired) electrons. The van der Waals surface area contributed by atoms with Crippen molar-refractivity contribution in [3.8, 4) is 0 Å². The van der Waals surface area contributed by atoms with Gasteiger partial charge in [0, 0.05) is 10.5 Å². The van der Waals surface area contributed by atoms with Crippen LogP contribution in [0.25, 0.3) is 26.6 Å². The van der Waals surface area contributed by atoms with Crippen LogP contribution < -0.4 is 0 Å². The second-order valence-corrected chi connectivity index (χ2v) is 19.4. The summed E-state index contributed by atoms with van der Waals surface area (Å²) in [5, 5.41) is 25.1. The molecule has 0 aromatic heterocycles.